The van der Waals surface area contributed by atoms with Crippen LogP contribution in [0.25, 0.3) is 11.4 Å². The number of rotatable bonds is 7. The van der Waals surface area contributed by atoms with E-state index in [2.05, 4.69) is 4.98 Å². The number of H-pyrrole nitrogens is 1. The maximum atomic E-state index is 14.3. The lowest BCUT2D eigenvalue weighted by atomic mass is 9.70. The van der Waals surface area contributed by atoms with Crippen LogP contribution in [0.4, 0.5) is 5.69 Å². The largest absolute Gasteiger partial charge is 0.497 e. The van der Waals surface area contributed by atoms with Gasteiger partial charge in [-0.1, -0.05) is 42.5 Å². The highest BCUT2D eigenvalue weighted by Gasteiger charge is 2.73. The van der Waals surface area contributed by atoms with Crippen LogP contribution in [-0.2, 0) is 11.2 Å². The first kappa shape index (κ1) is 28.5. The van der Waals surface area contributed by atoms with Gasteiger partial charge in [0.15, 0.2) is 11.2 Å². The molecule has 7 rings (SSSR count). The Balaban J connectivity index is 1.59. The van der Waals surface area contributed by atoms with E-state index in [1.165, 1.54) is 7.11 Å². The fourth-order valence-electron chi connectivity index (χ4n) is 6.88. The molecule has 2 aliphatic rings. The summed E-state index contributed by atoms with van der Waals surface area (Å²) < 4.78 is 23.9. The third-order valence-corrected chi connectivity index (χ3v) is 8.97. The first-order valence-corrected chi connectivity index (χ1v) is 14.6. The molecule has 0 amide bonds. The molecule has 5 aromatic rings. The molecule has 1 aliphatic heterocycles. The topological polar surface area (TPSA) is 106 Å². The smallest absolute Gasteiger partial charge is 0.255 e. The molecule has 3 atom stereocenters. The van der Waals surface area contributed by atoms with Crippen LogP contribution in [0, 0.1) is 0 Å². The molecule has 228 valence electrons. The van der Waals surface area contributed by atoms with E-state index in [1.807, 2.05) is 97.9 Å². The van der Waals surface area contributed by atoms with E-state index < -0.39 is 17.1 Å². The molecule has 0 fully saturated rings. The summed E-state index contributed by atoms with van der Waals surface area (Å²) in [5.74, 6) is 1.42. The zero-order valence-electron chi connectivity index (χ0n) is 25.6. The van der Waals surface area contributed by atoms with Crippen molar-refractivity contribution >= 4 is 5.69 Å². The van der Waals surface area contributed by atoms with Gasteiger partial charge in [0.1, 0.15) is 28.8 Å². The number of nitrogens with one attached hydrogen (secondary N) is 1. The number of aromatic nitrogens is 2. The summed E-state index contributed by atoms with van der Waals surface area (Å²) in [5.41, 5.74) is 0.105. The number of benzene rings is 4. The van der Waals surface area contributed by atoms with Crippen molar-refractivity contribution in [2.45, 2.75) is 17.1 Å². The monoisotopic (exact) mass is 603 g/mol. The summed E-state index contributed by atoms with van der Waals surface area (Å²) in [4.78, 5) is 24.4. The summed E-state index contributed by atoms with van der Waals surface area (Å²) in [6, 6.07) is 28.1. The fraction of sp³-hybridized carbons (Fsp3) is 0.222. The van der Waals surface area contributed by atoms with Crippen molar-refractivity contribution in [1.29, 1.82) is 0 Å². The molecule has 1 aliphatic carbocycles. The normalized spacial score (nSPS) is 20.9. The van der Waals surface area contributed by atoms with Gasteiger partial charge in [0.25, 0.3) is 5.56 Å². The Labute approximate surface area is 260 Å². The minimum atomic E-state index is -1.96. The van der Waals surface area contributed by atoms with Gasteiger partial charge in [-0.3, -0.25) is 4.79 Å². The van der Waals surface area contributed by atoms with Crippen LogP contribution in [0.2, 0.25) is 0 Å². The van der Waals surface area contributed by atoms with Gasteiger partial charge in [-0.25, -0.2) is 4.98 Å². The number of aliphatic hydroxyl groups is 1. The quantitative estimate of drug-likeness (QED) is 0.262. The average molecular weight is 604 g/mol. The molecule has 9 heteroatoms. The number of ether oxygens (including phenoxy) is 4. The SMILES string of the molecule is COc1ccc([C@@]23Oc4cc(OC)cc(OC)c4[C@]2(O)c2nc(-c4ccc(N(C)C)cc4)[nH]c(=O)c2[C@H]3c2ccccc2)cc1. The van der Waals surface area contributed by atoms with Crippen LogP contribution in [0.1, 0.15) is 33.9 Å². The Morgan fingerprint density at radius 3 is 2.18 bits per heavy atom. The number of anilines is 1. The molecule has 0 saturated heterocycles. The molecule has 0 saturated carbocycles. The first-order chi connectivity index (χ1) is 21.8. The zero-order chi connectivity index (χ0) is 31.5. The Morgan fingerprint density at radius 1 is 0.867 bits per heavy atom. The van der Waals surface area contributed by atoms with Crippen LogP contribution in [0.3, 0.4) is 0 Å². The van der Waals surface area contributed by atoms with Crippen molar-refractivity contribution in [3.8, 4) is 34.4 Å². The van der Waals surface area contributed by atoms with Crippen LogP contribution < -0.4 is 29.4 Å². The van der Waals surface area contributed by atoms with E-state index in [0.29, 0.717) is 51.1 Å². The predicted octanol–water partition coefficient (Wildman–Crippen LogP) is 5.20. The number of fused-ring (bicyclic) bond motifs is 5. The average Bonchev–Trinajstić information content (AvgIpc) is 3.47. The van der Waals surface area contributed by atoms with Crippen molar-refractivity contribution in [2.24, 2.45) is 0 Å². The Kier molecular flexibility index (Phi) is 6.60. The third-order valence-electron chi connectivity index (χ3n) is 8.97. The maximum Gasteiger partial charge on any atom is 0.255 e. The summed E-state index contributed by atoms with van der Waals surface area (Å²) in [7, 11) is 8.60. The second kappa shape index (κ2) is 10.4. The van der Waals surface area contributed by atoms with E-state index in [9.17, 15) is 9.90 Å². The van der Waals surface area contributed by atoms with Gasteiger partial charge >= 0.3 is 0 Å². The van der Waals surface area contributed by atoms with Crippen molar-refractivity contribution in [3.05, 3.63) is 129 Å². The number of nitrogens with zero attached hydrogens (tertiary/aromatic N) is 2. The van der Waals surface area contributed by atoms with Gasteiger partial charge in [0.05, 0.1) is 44.1 Å². The Hall–Kier alpha value is -5.28. The van der Waals surface area contributed by atoms with Crippen LogP contribution in [-0.4, -0.2) is 50.5 Å². The Bertz CT molecular complexity index is 1960. The summed E-state index contributed by atoms with van der Waals surface area (Å²) in [6.07, 6.45) is 0. The van der Waals surface area contributed by atoms with E-state index in [1.54, 1.807) is 26.4 Å². The van der Waals surface area contributed by atoms with Gasteiger partial charge in [-0.2, -0.15) is 0 Å². The summed E-state index contributed by atoms with van der Waals surface area (Å²) >= 11 is 0. The summed E-state index contributed by atoms with van der Waals surface area (Å²) in [5, 5.41) is 13.5. The molecule has 0 spiro atoms. The molecular formula is C36H33N3O6. The minimum Gasteiger partial charge on any atom is -0.497 e. The molecule has 45 heavy (non-hydrogen) atoms. The standard InChI is InChI=1S/C36H33N3O6/c1-39(2)24-15-11-22(12-16-24)33-37-32-29(34(40)38-33)30(21-9-7-6-8-10-21)36(23-13-17-25(42-3)18-14-23)35(32,41)31-27(44-5)19-26(43-4)20-28(31)45-36/h6-20,30,41H,1-5H3,(H,37,38,40)/t30-,35+,36+/m1/s1. The number of hydrogen-bond acceptors (Lipinski definition) is 8. The second-order valence-corrected chi connectivity index (χ2v) is 11.4. The van der Waals surface area contributed by atoms with Gasteiger partial charge in [0, 0.05) is 43.0 Å². The Morgan fingerprint density at radius 2 is 1.56 bits per heavy atom. The highest BCUT2D eigenvalue weighted by molar-refractivity contribution is 5.70. The van der Waals surface area contributed by atoms with Gasteiger partial charge in [0.2, 0.25) is 0 Å². The number of aromatic amines is 1. The number of methoxy groups -OCH3 is 3. The van der Waals surface area contributed by atoms with Crippen LogP contribution in [0.5, 0.6) is 23.0 Å². The molecule has 0 bridgehead atoms. The van der Waals surface area contributed by atoms with E-state index in [0.717, 1.165) is 11.3 Å². The number of hydrogen-bond donors (Lipinski definition) is 2. The van der Waals surface area contributed by atoms with Crippen molar-refractivity contribution in [2.75, 3.05) is 40.3 Å². The maximum absolute atomic E-state index is 14.3. The van der Waals surface area contributed by atoms with Crippen molar-refractivity contribution in [1.82, 2.24) is 9.97 Å². The summed E-state index contributed by atoms with van der Waals surface area (Å²) in [6.45, 7) is 0. The first-order valence-electron chi connectivity index (χ1n) is 14.6. The highest BCUT2D eigenvalue weighted by atomic mass is 16.5. The van der Waals surface area contributed by atoms with Gasteiger partial charge in [-0.15, -0.1) is 0 Å². The molecule has 2 heterocycles. The van der Waals surface area contributed by atoms with Crippen LogP contribution >= 0.6 is 0 Å². The van der Waals surface area contributed by atoms with Gasteiger partial charge in [-0.05, 0) is 42.0 Å². The lowest BCUT2D eigenvalue weighted by molar-refractivity contribution is -0.0909. The van der Waals surface area contributed by atoms with E-state index >= 15 is 0 Å². The molecule has 1 aromatic heterocycles. The minimum absolute atomic E-state index is 0.199. The second-order valence-electron chi connectivity index (χ2n) is 11.4. The molecule has 9 nitrogen and oxygen atoms in total. The highest BCUT2D eigenvalue weighted by Crippen LogP contribution is 2.69. The van der Waals surface area contributed by atoms with Gasteiger partial charge < -0.3 is 33.9 Å². The van der Waals surface area contributed by atoms with Crippen molar-refractivity contribution < 1.29 is 24.1 Å². The van der Waals surface area contributed by atoms with E-state index in [-0.39, 0.29) is 11.3 Å². The van der Waals surface area contributed by atoms with Crippen molar-refractivity contribution in [3.63, 3.8) is 0 Å². The molecule has 2 N–H and O–H groups in total. The predicted molar refractivity (Wildman–Crippen MR) is 171 cm³/mol. The molecule has 0 unspecified atom stereocenters. The van der Waals surface area contributed by atoms with Crippen LogP contribution in [0.15, 0.2) is 95.8 Å². The lowest BCUT2D eigenvalue weighted by Crippen LogP contribution is -2.49. The fourth-order valence-corrected chi connectivity index (χ4v) is 6.88. The zero-order valence-corrected chi connectivity index (χ0v) is 25.6. The molecule has 4 aromatic carbocycles. The third kappa shape index (κ3) is 3.97. The molecular weight excluding hydrogens is 570 g/mol. The lowest BCUT2D eigenvalue weighted by Gasteiger charge is -2.40. The molecule has 0 radical (unpaired) electrons. The van der Waals surface area contributed by atoms with E-state index in [4.69, 9.17) is 23.9 Å².